The van der Waals surface area contributed by atoms with E-state index in [1.807, 2.05) is 0 Å². The van der Waals surface area contributed by atoms with Gasteiger partial charge in [-0.3, -0.25) is 19.7 Å². The molecule has 3 aromatic rings. The van der Waals surface area contributed by atoms with Gasteiger partial charge in [0, 0.05) is 28.1 Å². The number of halogens is 1. The molecule has 0 saturated carbocycles. The summed E-state index contributed by atoms with van der Waals surface area (Å²) in [5.41, 5.74) is -3.45. The lowest BCUT2D eigenvalue weighted by molar-refractivity contribution is -0.388. The largest absolute Gasteiger partial charge is 0.454 e. The van der Waals surface area contributed by atoms with Crippen LogP contribution < -0.4 is 15.4 Å². The first-order valence-electron chi connectivity index (χ1n) is 12.7. The van der Waals surface area contributed by atoms with E-state index in [0.29, 0.717) is 10.0 Å². The highest BCUT2D eigenvalue weighted by atomic mass is 79.9. The zero-order chi connectivity index (χ0) is 29.7. The zero-order valence-electron chi connectivity index (χ0n) is 22.3. The number of hydrogen-bond acceptors (Lipinski definition) is 8. The molecule has 212 valence electrons. The van der Waals surface area contributed by atoms with Crippen LogP contribution in [0.15, 0.2) is 71.2 Å². The number of fused-ring (bicyclic) bond motifs is 5. The van der Waals surface area contributed by atoms with Crippen molar-refractivity contribution < 1.29 is 33.9 Å². The number of alkyl carbamates (subject to hydrolysis) is 1. The molecule has 11 nitrogen and oxygen atoms in total. The average molecular weight is 624 g/mol. The van der Waals surface area contributed by atoms with E-state index in [1.165, 1.54) is 24.3 Å². The number of hydrogen-bond donors (Lipinski definition) is 3. The molecule has 0 spiro atoms. The Morgan fingerprint density at radius 1 is 1.12 bits per heavy atom. The molecule has 3 N–H and O–H groups in total. The molecule has 12 heteroatoms. The van der Waals surface area contributed by atoms with Crippen LogP contribution in [-0.2, 0) is 27.3 Å². The Balaban J connectivity index is 1.62. The van der Waals surface area contributed by atoms with Gasteiger partial charge in [0.15, 0.2) is 0 Å². The van der Waals surface area contributed by atoms with Crippen molar-refractivity contribution in [2.75, 3.05) is 0 Å². The predicted octanol–water partition coefficient (Wildman–Crippen LogP) is 4.24. The monoisotopic (exact) mass is 623 g/mol. The van der Waals surface area contributed by atoms with Crippen molar-refractivity contribution in [1.82, 2.24) is 10.6 Å². The van der Waals surface area contributed by atoms with E-state index >= 15 is 0 Å². The molecular formula is C29H26BrN3O8. The summed E-state index contributed by atoms with van der Waals surface area (Å²) in [5.74, 6) is -4.27. The summed E-state index contributed by atoms with van der Waals surface area (Å²) in [7, 11) is 0. The van der Waals surface area contributed by atoms with Crippen LogP contribution in [0.2, 0.25) is 0 Å². The number of nitro groups is 1. The molecule has 5 rings (SSSR count). The molecule has 0 bridgehead atoms. The Morgan fingerprint density at radius 2 is 1.83 bits per heavy atom. The first kappa shape index (κ1) is 28.2. The topological polar surface area (TPSA) is 157 Å². The number of carbonyl (C=O) groups excluding carboxylic acids is 3. The Kier molecular flexibility index (Phi) is 6.86. The van der Waals surface area contributed by atoms with E-state index < -0.39 is 51.4 Å². The smallest absolute Gasteiger partial charge is 0.408 e. The molecule has 2 amide bonds. The van der Waals surface area contributed by atoms with Crippen LogP contribution in [0.4, 0.5) is 10.5 Å². The maximum atomic E-state index is 14.2. The maximum Gasteiger partial charge on any atom is 0.408 e. The number of rotatable bonds is 6. The number of ketones is 1. The molecule has 1 aliphatic carbocycles. The van der Waals surface area contributed by atoms with Gasteiger partial charge >= 0.3 is 6.09 Å². The van der Waals surface area contributed by atoms with Crippen molar-refractivity contribution in [1.29, 1.82) is 0 Å². The fraction of sp³-hybridized carbons (Fsp3) is 0.276. The molecule has 1 aliphatic heterocycles. The van der Waals surface area contributed by atoms with E-state index in [-0.39, 0.29) is 28.9 Å². The second kappa shape index (κ2) is 9.96. The van der Waals surface area contributed by atoms with E-state index in [0.717, 1.165) is 6.07 Å². The summed E-state index contributed by atoms with van der Waals surface area (Å²) in [5, 5.41) is 29.3. The lowest BCUT2D eigenvalue weighted by Crippen LogP contribution is -2.63. The van der Waals surface area contributed by atoms with Gasteiger partial charge in [0.25, 0.3) is 11.5 Å². The Morgan fingerprint density at radius 3 is 2.49 bits per heavy atom. The molecule has 0 aromatic heterocycles. The minimum atomic E-state index is -2.66. The van der Waals surface area contributed by atoms with Crippen LogP contribution in [-0.4, -0.2) is 39.5 Å². The molecular weight excluding hydrogens is 598 g/mol. The molecule has 41 heavy (non-hydrogen) atoms. The highest BCUT2D eigenvalue weighted by Crippen LogP contribution is 2.60. The van der Waals surface area contributed by atoms with Crippen molar-refractivity contribution in [3.05, 3.63) is 104 Å². The van der Waals surface area contributed by atoms with Crippen molar-refractivity contribution in [2.45, 2.75) is 50.2 Å². The first-order chi connectivity index (χ1) is 19.3. The number of nitro benzene ring substituents is 1. The van der Waals surface area contributed by atoms with Gasteiger partial charge in [-0.15, -0.1) is 0 Å². The fourth-order valence-electron chi connectivity index (χ4n) is 5.25. The summed E-state index contributed by atoms with van der Waals surface area (Å²) < 4.78 is 11.8. The normalized spacial score (nSPS) is 21.1. The molecule has 0 fully saturated rings. The van der Waals surface area contributed by atoms with Gasteiger partial charge in [0.1, 0.15) is 23.0 Å². The van der Waals surface area contributed by atoms with E-state index in [9.17, 15) is 29.6 Å². The van der Waals surface area contributed by atoms with Crippen molar-refractivity contribution in [2.24, 2.45) is 0 Å². The van der Waals surface area contributed by atoms with Crippen LogP contribution in [0, 0.1) is 10.1 Å². The predicted molar refractivity (Wildman–Crippen MR) is 149 cm³/mol. The van der Waals surface area contributed by atoms with Crippen molar-refractivity contribution in [3.63, 3.8) is 0 Å². The molecule has 2 aliphatic rings. The minimum Gasteiger partial charge on any atom is -0.454 e. The van der Waals surface area contributed by atoms with E-state index in [1.54, 1.807) is 57.2 Å². The number of carbonyl (C=O) groups is 3. The molecule has 0 saturated heterocycles. The van der Waals surface area contributed by atoms with Gasteiger partial charge in [-0.2, -0.15) is 0 Å². The summed E-state index contributed by atoms with van der Waals surface area (Å²) in [6, 6.07) is 15.9. The standard InChI is InChI=1S/C29H26BrN3O8/c1-27(2,3)41-26(36)31-20(14-16-8-5-4-6-9-16)25(35)32-28-19-13-12-17(30)15-22(19)40-29(28,37)23-18(24(28)34)10-7-11-21(23)33(38)39/h4-13,15,20,37H,14H2,1-3H3,(H,31,36)(H,32,35)/t20-,28-,29-/m0/s1. The quantitative estimate of drug-likeness (QED) is 0.272. The number of amides is 2. The van der Waals surface area contributed by atoms with E-state index in [2.05, 4.69) is 26.6 Å². The second-order valence-electron chi connectivity index (χ2n) is 10.8. The van der Waals surface area contributed by atoms with Crippen LogP contribution in [0.3, 0.4) is 0 Å². The molecule has 3 aromatic carbocycles. The van der Waals surface area contributed by atoms with Crippen molar-refractivity contribution in [3.8, 4) is 5.75 Å². The summed E-state index contributed by atoms with van der Waals surface area (Å²) in [6.45, 7) is 5.01. The summed E-state index contributed by atoms with van der Waals surface area (Å²) >= 11 is 3.32. The molecule has 0 radical (unpaired) electrons. The number of nitrogens with zero attached hydrogens (tertiary/aromatic N) is 1. The van der Waals surface area contributed by atoms with E-state index in [4.69, 9.17) is 9.47 Å². The van der Waals surface area contributed by atoms with Gasteiger partial charge in [-0.1, -0.05) is 64.5 Å². The second-order valence-corrected chi connectivity index (χ2v) is 11.7. The van der Waals surface area contributed by atoms with Gasteiger partial charge < -0.3 is 25.2 Å². The number of benzene rings is 3. The van der Waals surface area contributed by atoms with Crippen molar-refractivity contribution >= 4 is 39.4 Å². The first-order valence-corrected chi connectivity index (χ1v) is 13.5. The summed E-state index contributed by atoms with van der Waals surface area (Å²) in [4.78, 5) is 52.2. The number of nitrogens with one attached hydrogen (secondary N) is 2. The number of ether oxygens (including phenoxy) is 2. The number of aliphatic hydroxyl groups is 1. The fourth-order valence-corrected chi connectivity index (χ4v) is 5.59. The van der Waals surface area contributed by atoms with Gasteiger partial charge in [-0.25, -0.2) is 4.79 Å². The third-order valence-corrected chi connectivity index (χ3v) is 7.37. The Bertz CT molecular complexity index is 1590. The van der Waals surface area contributed by atoms with Crippen LogP contribution in [0.5, 0.6) is 5.75 Å². The highest BCUT2D eigenvalue weighted by Gasteiger charge is 2.73. The minimum absolute atomic E-state index is 0.00969. The zero-order valence-corrected chi connectivity index (χ0v) is 23.9. The maximum absolute atomic E-state index is 14.2. The third-order valence-electron chi connectivity index (χ3n) is 6.88. The lowest BCUT2D eigenvalue weighted by Gasteiger charge is -2.35. The van der Waals surface area contributed by atoms with Gasteiger partial charge in [0.2, 0.25) is 17.2 Å². The van der Waals surface area contributed by atoms with Crippen LogP contribution in [0.1, 0.15) is 47.8 Å². The molecule has 3 atom stereocenters. The SMILES string of the molecule is CC(C)(C)OC(=O)N[C@@H](Cc1ccccc1)C(=O)N[C@@]12C(=O)c3cccc([N+](=O)[O-])c3[C@]1(O)Oc1cc(Br)ccc12. The molecule has 1 heterocycles. The van der Waals surface area contributed by atoms with Crippen LogP contribution in [0.25, 0.3) is 0 Å². The Hall–Kier alpha value is -4.29. The Labute approximate surface area is 243 Å². The van der Waals surface area contributed by atoms with Crippen LogP contribution >= 0.6 is 15.9 Å². The lowest BCUT2D eigenvalue weighted by atomic mass is 9.82. The van der Waals surface area contributed by atoms with Gasteiger partial charge in [0.05, 0.1) is 4.92 Å². The third kappa shape index (κ3) is 4.72. The van der Waals surface area contributed by atoms with Gasteiger partial charge in [-0.05, 0) is 38.5 Å². The average Bonchev–Trinajstić information content (AvgIpc) is 3.24. The highest BCUT2D eigenvalue weighted by molar-refractivity contribution is 9.10. The summed E-state index contributed by atoms with van der Waals surface area (Å²) in [6.07, 6.45) is -0.861. The number of Topliss-reactive ketones (excluding diaryl/α,β-unsaturated/α-hetero) is 1. The molecule has 0 unspecified atom stereocenters.